The van der Waals surface area contributed by atoms with Crippen LogP contribution in [0.4, 0.5) is 17.2 Å². The Bertz CT molecular complexity index is 1120. The van der Waals surface area contributed by atoms with Crippen LogP contribution in [-0.4, -0.2) is 40.1 Å². The number of rotatable bonds is 6. The molecule has 7 nitrogen and oxygen atoms in total. The summed E-state index contributed by atoms with van der Waals surface area (Å²) in [4.78, 5) is 20.1. The van der Waals surface area contributed by atoms with Gasteiger partial charge in [0.2, 0.25) is 0 Å². The van der Waals surface area contributed by atoms with Crippen molar-refractivity contribution in [3.63, 3.8) is 0 Å². The summed E-state index contributed by atoms with van der Waals surface area (Å²) in [7, 11) is 3.98. The molecule has 0 unspecified atom stereocenters. The van der Waals surface area contributed by atoms with Crippen LogP contribution in [0.15, 0.2) is 30.5 Å². The maximum atomic E-state index is 13.1. The number of fused-ring (bicyclic) bond motifs is 1. The molecule has 0 aliphatic carbocycles. The van der Waals surface area contributed by atoms with E-state index >= 15 is 0 Å². The predicted octanol–water partition coefficient (Wildman–Crippen LogP) is 5.90. The van der Waals surface area contributed by atoms with E-state index in [0.29, 0.717) is 11.2 Å². The second-order valence-corrected chi connectivity index (χ2v) is 12.0. The minimum Gasteiger partial charge on any atom is -0.378 e. The van der Waals surface area contributed by atoms with Gasteiger partial charge < -0.3 is 15.5 Å². The second kappa shape index (κ2) is 8.43. The van der Waals surface area contributed by atoms with E-state index in [4.69, 9.17) is 4.98 Å². The molecular formula is C26H40N6O. The van der Waals surface area contributed by atoms with Gasteiger partial charge in [0.1, 0.15) is 5.56 Å². The Hall–Kier alpha value is -2.96. The fraction of sp³-hybridized carbons (Fsp3) is 0.538. The van der Waals surface area contributed by atoms with Crippen LogP contribution < -0.4 is 15.5 Å². The molecule has 7 heteroatoms. The maximum Gasteiger partial charge on any atom is 0.261 e. The Kier molecular flexibility index (Phi) is 6.30. The quantitative estimate of drug-likeness (QED) is 0.435. The van der Waals surface area contributed by atoms with Crippen LogP contribution in [0.25, 0.3) is 5.65 Å². The number of amides is 1. The fourth-order valence-electron chi connectivity index (χ4n) is 4.46. The van der Waals surface area contributed by atoms with Crippen molar-refractivity contribution in [3.8, 4) is 0 Å². The lowest BCUT2D eigenvalue weighted by Gasteiger charge is -2.34. The molecule has 0 aliphatic heterocycles. The van der Waals surface area contributed by atoms with Crippen molar-refractivity contribution in [1.82, 2.24) is 14.6 Å². The van der Waals surface area contributed by atoms with Gasteiger partial charge >= 0.3 is 0 Å². The van der Waals surface area contributed by atoms with Gasteiger partial charge in [0, 0.05) is 42.6 Å². The molecule has 0 bridgehead atoms. The number of aromatic amines is 1. The highest BCUT2D eigenvalue weighted by Gasteiger charge is 2.32. The van der Waals surface area contributed by atoms with Gasteiger partial charge in [-0.15, -0.1) is 0 Å². The van der Waals surface area contributed by atoms with Crippen LogP contribution in [0, 0.1) is 5.41 Å². The molecule has 0 radical (unpaired) electrons. The molecule has 0 spiro atoms. The number of nitrogens with one attached hydrogen (secondary N) is 3. The Balaban J connectivity index is 1.96. The molecule has 3 aromatic rings. The Morgan fingerprint density at radius 2 is 1.64 bits per heavy atom. The lowest BCUT2D eigenvalue weighted by Crippen LogP contribution is -2.36. The van der Waals surface area contributed by atoms with Crippen molar-refractivity contribution in [1.29, 1.82) is 0 Å². The van der Waals surface area contributed by atoms with Crippen molar-refractivity contribution in [2.45, 2.75) is 72.8 Å². The molecule has 0 fully saturated rings. The number of imidazole rings is 1. The molecule has 1 aromatic carbocycles. The van der Waals surface area contributed by atoms with Gasteiger partial charge in [-0.2, -0.15) is 0 Å². The summed E-state index contributed by atoms with van der Waals surface area (Å²) in [6.45, 7) is 17.6. The first-order chi connectivity index (χ1) is 15.1. The van der Waals surface area contributed by atoms with Crippen molar-refractivity contribution in [2.24, 2.45) is 5.41 Å². The Labute approximate surface area is 197 Å². The van der Waals surface area contributed by atoms with E-state index in [1.165, 1.54) is 0 Å². The van der Waals surface area contributed by atoms with Crippen LogP contribution in [0.2, 0.25) is 0 Å². The number of aromatic nitrogens is 3. The molecule has 3 rings (SSSR count). The zero-order valence-electron chi connectivity index (χ0n) is 21.8. The summed E-state index contributed by atoms with van der Waals surface area (Å²) in [6, 6.07) is 7.78. The number of hydrogen-bond donors (Lipinski definition) is 3. The van der Waals surface area contributed by atoms with Crippen LogP contribution in [0.1, 0.15) is 77.9 Å². The summed E-state index contributed by atoms with van der Waals surface area (Å²) in [5.74, 6) is 0.714. The number of anilines is 3. The van der Waals surface area contributed by atoms with Crippen molar-refractivity contribution < 1.29 is 4.79 Å². The SMILES string of the molecule is CN(C)c1ccc(NC(=O)c2c[nH]n3c(NC(C)(C)CC(C)(C)C)c(C(C)(C)C)nc23)cc1. The zero-order chi connectivity index (χ0) is 24.8. The Morgan fingerprint density at radius 3 is 2.15 bits per heavy atom. The van der Waals surface area contributed by atoms with Crippen molar-refractivity contribution >= 4 is 28.7 Å². The molecule has 0 saturated carbocycles. The number of benzene rings is 1. The summed E-state index contributed by atoms with van der Waals surface area (Å²) in [6.07, 6.45) is 2.70. The number of carbonyl (C=O) groups excluding carboxylic acids is 1. The van der Waals surface area contributed by atoms with E-state index in [9.17, 15) is 4.79 Å². The summed E-state index contributed by atoms with van der Waals surface area (Å²) < 4.78 is 1.90. The topological polar surface area (TPSA) is 77.5 Å². The maximum absolute atomic E-state index is 13.1. The largest absolute Gasteiger partial charge is 0.378 e. The summed E-state index contributed by atoms with van der Waals surface area (Å²) in [5, 5.41) is 9.97. The lowest BCUT2D eigenvalue weighted by atomic mass is 9.81. The smallest absolute Gasteiger partial charge is 0.261 e. The van der Waals surface area contributed by atoms with E-state index in [1.807, 2.05) is 47.8 Å². The van der Waals surface area contributed by atoms with Gasteiger partial charge in [0.25, 0.3) is 5.91 Å². The van der Waals surface area contributed by atoms with Gasteiger partial charge in [-0.1, -0.05) is 41.5 Å². The summed E-state index contributed by atoms with van der Waals surface area (Å²) in [5.41, 5.74) is 3.71. The zero-order valence-corrected chi connectivity index (χ0v) is 21.8. The van der Waals surface area contributed by atoms with E-state index in [1.54, 1.807) is 6.20 Å². The van der Waals surface area contributed by atoms with Gasteiger partial charge in [0.05, 0.1) is 5.69 Å². The number of hydrogen-bond acceptors (Lipinski definition) is 4. The predicted molar refractivity (Wildman–Crippen MR) is 139 cm³/mol. The van der Waals surface area contributed by atoms with Gasteiger partial charge in [0.15, 0.2) is 11.5 Å². The number of carbonyl (C=O) groups is 1. The highest BCUT2D eigenvalue weighted by molar-refractivity contribution is 6.08. The first-order valence-electron chi connectivity index (χ1n) is 11.5. The molecule has 2 aromatic heterocycles. The molecule has 0 saturated heterocycles. The molecule has 2 heterocycles. The number of H-pyrrole nitrogens is 1. The van der Waals surface area contributed by atoms with Gasteiger partial charge in [-0.05, 0) is 49.9 Å². The minimum atomic E-state index is -0.192. The summed E-state index contributed by atoms with van der Waals surface area (Å²) >= 11 is 0. The van der Waals surface area contributed by atoms with E-state index in [2.05, 4.69) is 71.1 Å². The molecule has 180 valence electrons. The average molecular weight is 453 g/mol. The van der Waals surface area contributed by atoms with Crippen LogP contribution >= 0.6 is 0 Å². The molecule has 3 N–H and O–H groups in total. The van der Waals surface area contributed by atoms with Gasteiger partial charge in [-0.3, -0.25) is 9.89 Å². The highest BCUT2D eigenvalue weighted by Crippen LogP contribution is 2.35. The molecule has 0 aliphatic rings. The molecule has 33 heavy (non-hydrogen) atoms. The average Bonchev–Trinajstić information content (AvgIpc) is 3.20. The monoisotopic (exact) mass is 452 g/mol. The van der Waals surface area contributed by atoms with Crippen molar-refractivity contribution in [2.75, 3.05) is 29.6 Å². The normalized spacial score (nSPS) is 12.8. The molecule has 1 amide bonds. The van der Waals surface area contributed by atoms with E-state index in [-0.39, 0.29) is 22.3 Å². The third-order valence-corrected chi connectivity index (χ3v) is 5.48. The number of nitrogens with zero attached hydrogens (tertiary/aromatic N) is 3. The van der Waals surface area contributed by atoms with Crippen LogP contribution in [0.3, 0.4) is 0 Å². The van der Waals surface area contributed by atoms with Gasteiger partial charge in [-0.25, -0.2) is 9.50 Å². The fourth-order valence-corrected chi connectivity index (χ4v) is 4.46. The Morgan fingerprint density at radius 1 is 1.03 bits per heavy atom. The molecular weight excluding hydrogens is 412 g/mol. The minimum absolute atomic E-state index is 0.157. The van der Waals surface area contributed by atoms with E-state index < -0.39 is 0 Å². The first kappa shape index (κ1) is 24.7. The van der Waals surface area contributed by atoms with E-state index in [0.717, 1.165) is 29.3 Å². The first-order valence-corrected chi connectivity index (χ1v) is 11.5. The third-order valence-electron chi connectivity index (χ3n) is 5.48. The second-order valence-electron chi connectivity index (χ2n) is 12.0. The van der Waals surface area contributed by atoms with Crippen LogP contribution in [0.5, 0.6) is 0 Å². The third kappa shape index (κ3) is 5.70. The standard InChI is InChI=1S/C26H40N6O/c1-24(2,3)16-26(7,8)30-22-20(25(4,5)6)29-21-19(15-27-32(21)22)23(33)28-17-11-13-18(14-12-17)31(9)10/h11-15,27,30H,16H2,1-10H3,(H,28,33). The van der Waals surface area contributed by atoms with Crippen LogP contribution in [-0.2, 0) is 5.41 Å². The highest BCUT2D eigenvalue weighted by atomic mass is 16.1. The van der Waals surface area contributed by atoms with Crippen molar-refractivity contribution in [3.05, 3.63) is 41.7 Å². The lowest BCUT2D eigenvalue weighted by molar-refractivity contribution is 0.102. The molecule has 0 atom stereocenters.